The lowest BCUT2D eigenvalue weighted by Gasteiger charge is -2.24. The van der Waals surface area contributed by atoms with E-state index < -0.39 is 6.10 Å². The summed E-state index contributed by atoms with van der Waals surface area (Å²) in [6.45, 7) is 5.98. The van der Waals surface area contributed by atoms with Gasteiger partial charge in [-0.25, -0.2) is 0 Å². The molecule has 1 amide bonds. The van der Waals surface area contributed by atoms with Crippen LogP contribution in [0.4, 0.5) is 0 Å². The monoisotopic (exact) mass is 345 g/mol. The molecule has 0 saturated carbocycles. The maximum atomic E-state index is 11.8. The van der Waals surface area contributed by atoms with Gasteiger partial charge in [-0.15, -0.1) is 0 Å². The average Bonchev–Trinajstić information content (AvgIpc) is 2.99. The number of carbonyl (C=O) groups excluding carboxylic acids is 1. The second-order valence-corrected chi connectivity index (χ2v) is 6.55. The molecule has 0 radical (unpaired) electrons. The van der Waals surface area contributed by atoms with E-state index in [-0.39, 0.29) is 12.5 Å². The zero-order chi connectivity index (χ0) is 17.6. The molecule has 1 aliphatic rings. The van der Waals surface area contributed by atoms with Crippen molar-refractivity contribution in [2.45, 2.75) is 25.9 Å². The van der Waals surface area contributed by atoms with Crippen LogP contribution in [-0.4, -0.2) is 71.2 Å². The number of hydrogen-bond donors (Lipinski definition) is 2. The molecule has 25 heavy (non-hydrogen) atoms. The maximum Gasteiger partial charge on any atom is 0.222 e. The molecule has 6 nitrogen and oxygen atoms in total. The number of aromatic nitrogens is 1. The van der Waals surface area contributed by atoms with Crippen molar-refractivity contribution in [3.8, 4) is 5.75 Å². The quantitative estimate of drug-likeness (QED) is 0.838. The number of β-amino-alcohol motifs (C(OH)–C–C–N with tert-alkyl or cyclic N) is 1. The smallest absolute Gasteiger partial charge is 0.222 e. The topological polar surface area (TPSA) is 68.8 Å². The molecule has 1 aromatic carbocycles. The predicted octanol–water partition coefficient (Wildman–Crippen LogP) is 1.85. The zero-order valence-corrected chi connectivity index (χ0v) is 14.8. The van der Waals surface area contributed by atoms with Gasteiger partial charge < -0.3 is 19.7 Å². The van der Waals surface area contributed by atoms with Crippen LogP contribution in [0.3, 0.4) is 0 Å². The molecule has 0 bridgehead atoms. The van der Waals surface area contributed by atoms with Crippen molar-refractivity contribution < 1.29 is 14.6 Å². The second kappa shape index (κ2) is 8.36. The first-order valence-electron chi connectivity index (χ1n) is 9.04. The Labute approximate surface area is 148 Å². The van der Waals surface area contributed by atoms with Crippen LogP contribution in [0.1, 0.15) is 19.8 Å². The predicted molar refractivity (Wildman–Crippen MR) is 97.7 cm³/mol. The number of aromatic amines is 1. The minimum absolute atomic E-state index is 0.213. The van der Waals surface area contributed by atoms with Crippen LogP contribution in [0.5, 0.6) is 5.75 Å². The summed E-state index contributed by atoms with van der Waals surface area (Å²) in [6, 6.07) is 7.84. The molecule has 0 aliphatic carbocycles. The van der Waals surface area contributed by atoms with Crippen molar-refractivity contribution in [3.05, 3.63) is 30.5 Å². The molecule has 1 fully saturated rings. The van der Waals surface area contributed by atoms with E-state index in [1.807, 2.05) is 42.3 Å². The number of amides is 1. The molecule has 1 atom stereocenters. The zero-order valence-electron chi connectivity index (χ0n) is 14.8. The third kappa shape index (κ3) is 4.52. The summed E-state index contributed by atoms with van der Waals surface area (Å²) < 4.78 is 5.83. The summed E-state index contributed by atoms with van der Waals surface area (Å²) in [5, 5.41) is 11.4. The van der Waals surface area contributed by atoms with Gasteiger partial charge in [0.25, 0.3) is 0 Å². The number of nitrogens with zero attached hydrogens (tertiary/aromatic N) is 2. The Morgan fingerprint density at radius 1 is 1.28 bits per heavy atom. The van der Waals surface area contributed by atoms with Gasteiger partial charge in [0.15, 0.2) is 0 Å². The first kappa shape index (κ1) is 17.8. The number of H-pyrrole nitrogens is 1. The minimum Gasteiger partial charge on any atom is -0.490 e. The Kier molecular flexibility index (Phi) is 5.94. The normalized spacial score (nSPS) is 17.4. The van der Waals surface area contributed by atoms with Gasteiger partial charge >= 0.3 is 0 Å². The lowest BCUT2D eigenvalue weighted by molar-refractivity contribution is -0.130. The van der Waals surface area contributed by atoms with Gasteiger partial charge in [-0.3, -0.25) is 9.69 Å². The van der Waals surface area contributed by atoms with Crippen LogP contribution in [0.2, 0.25) is 0 Å². The third-order valence-corrected chi connectivity index (χ3v) is 4.70. The van der Waals surface area contributed by atoms with Gasteiger partial charge in [-0.1, -0.05) is 13.0 Å². The molecule has 1 aliphatic heterocycles. The van der Waals surface area contributed by atoms with Gasteiger partial charge in [0.05, 0.1) is 0 Å². The van der Waals surface area contributed by atoms with Crippen LogP contribution >= 0.6 is 0 Å². The van der Waals surface area contributed by atoms with Crippen LogP contribution in [0, 0.1) is 0 Å². The molecular formula is C19H27N3O3. The van der Waals surface area contributed by atoms with E-state index in [2.05, 4.69) is 9.88 Å². The Balaban J connectivity index is 1.48. The average molecular weight is 345 g/mol. The first-order chi connectivity index (χ1) is 12.2. The van der Waals surface area contributed by atoms with Crippen LogP contribution in [0.15, 0.2) is 30.5 Å². The molecule has 6 heteroatoms. The second-order valence-electron chi connectivity index (χ2n) is 6.55. The molecule has 2 N–H and O–H groups in total. The van der Waals surface area contributed by atoms with Crippen LogP contribution in [0.25, 0.3) is 10.9 Å². The number of benzene rings is 1. The third-order valence-electron chi connectivity index (χ3n) is 4.70. The summed E-state index contributed by atoms with van der Waals surface area (Å²) in [4.78, 5) is 19.1. The summed E-state index contributed by atoms with van der Waals surface area (Å²) in [7, 11) is 0. The van der Waals surface area contributed by atoms with Crippen molar-refractivity contribution in [3.63, 3.8) is 0 Å². The lowest BCUT2D eigenvalue weighted by Crippen LogP contribution is -2.39. The van der Waals surface area contributed by atoms with Gasteiger partial charge in [0, 0.05) is 49.7 Å². The summed E-state index contributed by atoms with van der Waals surface area (Å²) in [5.74, 6) is 0.999. The highest BCUT2D eigenvalue weighted by Crippen LogP contribution is 2.24. The molecule has 1 aromatic heterocycles. The molecular weight excluding hydrogens is 318 g/mol. The molecule has 2 heterocycles. The number of nitrogens with one attached hydrogen (secondary N) is 1. The fourth-order valence-electron chi connectivity index (χ4n) is 3.35. The Hall–Kier alpha value is -2.05. The lowest BCUT2D eigenvalue weighted by atomic mass is 10.2. The van der Waals surface area contributed by atoms with Crippen LogP contribution < -0.4 is 4.74 Å². The first-order valence-corrected chi connectivity index (χ1v) is 9.04. The number of carbonyl (C=O) groups is 1. The number of rotatable bonds is 6. The SMILES string of the molecule is CCC(=O)N1CCCN(CC(O)COc2cccc3[nH]ccc23)CC1. The molecule has 136 valence electrons. The summed E-state index contributed by atoms with van der Waals surface area (Å²) in [5.41, 5.74) is 1.03. The molecule has 1 unspecified atom stereocenters. The van der Waals surface area contributed by atoms with E-state index in [0.29, 0.717) is 13.0 Å². The molecule has 1 saturated heterocycles. The maximum absolute atomic E-state index is 11.8. The standard InChI is InChI=1S/C19H27N3O3/c1-2-19(24)22-10-4-9-21(11-12-22)13-15(23)14-25-18-6-3-5-17-16(18)7-8-20-17/h3,5-8,15,20,23H,2,4,9-14H2,1H3. The Bertz CT molecular complexity index is 700. The molecule has 0 spiro atoms. The minimum atomic E-state index is -0.553. The number of ether oxygens (including phenoxy) is 1. The molecule has 2 aromatic rings. The summed E-state index contributed by atoms with van der Waals surface area (Å²) in [6.07, 6.45) is 2.83. The fourth-order valence-corrected chi connectivity index (χ4v) is 3.35. The van der Waals surface area contributed by atoms with E-state index in [4.69, 9.17) is 4.74 Å². The van der Waals surface area contributed by atoms with Crippen LogP contribution in [-0.2, 0) is 4.79 Å². The number of aliphatic hydroxyl groups is 1. The van der Waals surface area contributed by atoms with Gasteiger partial charge in [0.2, 0.25) is 5.91 Å². The van der Waals surface area contributed by atoms with E-state index in [1.54, 1.807) is 0 Å². The van der Waals surface area contributed by atoms with E-state index in [1.165, 1.54) is 0 Å². The van der Waals surface area contributed by atoms with E-state index in [9.17, 15) is 9.90 Å². The largest absolute Gasteiger partial charge is 0.490 e. The van der Waals surface area contributed by atoms with E-state index in [0.717, 1.165) is 49.3 Å². The van der Waals surface area contributed by atoms with Gasteiger partial charge in [0.1, 0.15) is 18.5 Å². The number of hydrogen-bond acceptors (Lipinski definition) is 4. The van der Waals surface area contributed by atoms with Crippen molar-refractivity contribution in [2.24, 2.45) is 0 Å². The Morgan fingerprint density at radius 2 is 2.16 bits per heavy atom. The summed E-state index contributed by atoms with van der Waals surface area (Å²) >= 11 is 0. The number of fused-ring (bicyclic) bond motifs is 1. The highest BCUT2D eigenvalue weighted by Gasteiger charge is 2.20. The molecule has 3 rings (SSSR count). The number of aliphatic hydroxyl groups excluding tert-OH is 1. The Morgan fingerprint density at radius 3 is 3.00 bits per heavy atom. The highest BCUT2D eigenvalue weighted by molar-refractivity contribution is 5.85. The van der Waals surface area contributed by atoms with Crippen molar-refractivity contribution in [2.75, 3.05) is 39.3 Å². The highest BCUT2D eigenvalue weighted by atomic mass is 16.5. The van der Waals surface area contributed by atoms with E-state index >= 15 is 0 Å². The fraction of sp³-hybridized carbons (Fsp3) is 0.526. The van der Waals surface area contributed by atoms with Crippen molar-refractivity contribution in [1.29, 1.82) is 0 Å². The van der Waals surface area contributed by atoms with Gasteiger partial charge in [-0.2, -0.15) is 0 Å². The van der Waals surface area contributed by atoms with Crippen molar-refractivity contribution >= 4 is 16.8 Å². The van der Waals surface area contributed by atoms with Gasteiger partial charge in [-0.05, 0) is 31.2 Å². The van der Waals surface area contributed by atoms with Crippen molar-refractivity contribution in [1.82, 2.24) is 14.8 Å².